The van der Waals surface area contributed by atoms with Gasteiger partial charge in [-0.1, -0.05) is 84.9 Å². The maximum absolute atomic E-state index is 10.9. The summed E-state index contributed by atoms with van der Waals surface area (Å²) in [7, 11) is 0. The molecule has 0 aliphatic carbocycles. The number of para-hydroxylation sites is 3. The van der Waals surface area contributed by atoms with Crippen molar-refractivity contribution in [3.05, 3.63) is 126 Å². The second-order valence-corrected chi connectivity index (χ2v) is 8.13. The standard InChI is InChI=1S/C28H22N2O2/c31-19-28(21-13-5-2-6-14-21)26(20-11-3-1-4-12-20)30-23-16-8-10-18-25(23)32-24-17-9-7-15-22(24)27(30)29-28/h1-18,26,31H,19H2/t26-,28-/m1/s1. The Morgan fingerprint density at radius 2 is 1.38 bits per heavy atom. The van der Waals surface area contributed by atoms with Crippen molar-refractivity contribution in [1.82, 2.24) is 0 Å². The molecule has 0 bridgehead atoms. The third kappa shape index (κ3) is 2.70. The molecule has 2 atom stereocenters. The fourth-order valence-electron chi connectivity index (χ4n) is 4.91. The lowest BCUT2D eigenvalue weighted by Gasteiger charge is -2.37. The molecule has 0 aromatic heterocycles. The second kappa shape index (κ2) is 7.36. The molecule has 0 fully saturated rings. The molecule has 0 spiro atoms. The number of amidine groups is 1. The van der Waals surface area contributed by atoms with Crippen molar-refractivity contribution >= 4 is 11.5 Å². The number of hydrogen-bond donors (Lipinski definition) is 1. The van der Waals surface area contributed by atoms with Crippen LogP contribution in [0.2, 0.25) is 0 Å². The Hall–Kier alpha value is -3.89. The number of benzene rings is 4. The van der Waals surface area contributed by atoms with Gasteiger partial charge >= 0.3 is 0 Å². The van der Waals surface area contributed by atoms with Crippen LogP contribution in [0.1, 0.15) is 22.7 Å². The van der Waals surface area contributed by atoms with Crippen molar-refractivity contribution < 1.29 is 9.84 Å². The molecule has 2 aliphatic heterocycles. The number of hydrogen-bond acceptors (Lipinski definition) is 4. The van der Waals surface area contributed by atoms with Gasteiger partial charge < -0.3 is 14.7 Å². The SMILES string of the molecule is OC[C@]1(c2ccccc2)N=C2c3ccccc3Oc3ccccc3N2[C@@H]1c1ccccc1. The minimum Gasteiger partial charge on any atom is -0.454 e. The van der Waals surface area contributed by atoms with E-state index in [0.29, 0.717) is 0 Å². The molecule has 156 valence electrons. The van der Waals surface area contributed by atoms with Gasteiger partial charge in [-0.25, -0.2) is 0 Å². The molecule has 0 radical (unpaired) electrons. The fourth-order valence-corrected chi connectivity index (χ4v) is 4.91. The number of fused-ring (bicyclic) bond motifs is 5. The van der Waals surface area contributed by atoms with E-state index in [1.807, 2.05) is 78.9 Å². The molecule has 0 saturated heterocycles. The van der Waals surface area contributed by atoms with E-state index in [0.717, 1.165) is 39.7 Å². The summed E-state index contributed by atoms with van der Waals surface area (Å²) in [6, 6.07) is 36.2. The van der Waals surface area contributed by atoms with Crippen molar-refractivity contribution in [2.24, 2.45) is 4.99 Å². The Kier molecular flexibility index (Phi) is 4.33. The number of rotatable bonds is 3. The lowest BCUT2D eigenvalue weighted by Crippen LogP contribution is -2.41. The summed E-state index contributed by atoms with van der Waals surface area (Å²) in [4.78, 5) is 7.54. The Labute approximate surface area is 187 Å². The summed E-state index contributed by atoms with van der Waals surface area (Å²) >= 11 is 0. The Balaban J connectivity index is 1.70. The van der Waals surface area contributed by atoms with Gasteiger partial charge in [-0.05, 0) is 35.4 Å². The van der Waals surface area contributed by atoms with Crippen LogP contribution in [0.3, 0.4) is 0 Å². The van der Waals surface area contributed by atoms with Crippen LogP contribution in [0.25, 0.3) is 0 Å². The molecule has 6 rings (SSSR count). The van der Waals surface area contributed by atoms with Gasteiger partial charge in [0.25, 0.3) is 0 Å². The molecule has 0 amide bonds. The Morgan fingerprint density at radius 3 is 2.12 bits per heavy atom. The summed E-state index contributed by atoms with van der Waals surface area (Å²) in [6.07, 6.45) is 0. The molecule has 0 unspecified atom stereocenters. The average molecular weight is 418 g/mol. The van der Waals surface area contributed by atoms with E-state index >= 15 is 0 Å². The third-order valence-electron chi connectivity index (χ3n) is 6.35. The largest absolute Gasteiger partial charge is 0.454 e. The first-order valence-electron chi connectivity index (χ1n) is 10.8. The van der Waals surface area contributed by atoms with E-state index in [9.17, 15) is 5.11 Å². The van der Waals surface area contributed by atoms with E-state index in [4.69, 9.17) is 9.73 Å². The summed E-state index contributed by atoms with van der Waals surface area (Å²) in [5.74, 6) is 2.33. The molecule has 4 aromatic carbocycles. The summed E-state index contributed by atoms with van der Waals surface area (Å²) < 4.78 is 6.35. The number of aliphatic hydroxyl groups is 1. The topological polar surface area (TPSA) is 45.1 Å². The zero-order valence-corrected chi connectivity index (χ0v) is 17.4. The van der Waals surface area contributed by atoms with E-state index < -0.39 is 5.54 Å². The second-order valence-electron chi connectivity index (χ2n) is 8.13. The maximum Gasteiger partial charge on any atom is 0.151 e. The van der Waals surface area contributed by atoms with Gasteiger partial charge in [-0.15, -0.1) is 0 Å². The third-order valence-corrected chi connectivity index (χ3v) is 6.35. The van der Waals surface area contributed by atoms with Crippen LogP contribution in [0, 0.1) is 0 Å². The zero-order valence-electron chi connectivity index (χ0n) is 17.4. The molecule has 4 aromatic rings. The van der Waals surface area contributed by atoms with Gasteiger partial charge in [-0.3, -0.25) is 4.99 Å². The summed E-state index contributed by atoms with van der Waals surface area (Å²) in [5.41, 5.74) is 3.04. The number of anilines is 1. The lowest BCUT2D eigenvalue weighted by atomic mass is 9.80. The first-order valence-corrected chi connectivity index (χ1v) is 10.8. The van der Waals surface area contributed by atoms with Crippen LogP contribution in [-0.2, 0) is 5.54 Å². The highest BCUT2D eigenvalue weighted by atomic mass is 16.5. The van der Waals surface area contributed by atoms with Crippen molar-refractivity contribution in [2.45, 2.75) is 11.6 Å². The Morgan fingerprint density at radius 1 is 0.750 bits per heavy atom. The minimum absolute atomic E-state index is 0.123. The van der Waals surface area contributed by atoms with Crippen molar-refractivity contribution in [2.75, 3.05) is 11.5 Å². The van der Waals surface area contributed by atoms with Gasteiger partial charge in [0.2, 0.25) is 0 Å². The van der Waals surface area contributed by atoms with Crippen LogP contribution in [0.4, 0.5) is 5.69 Å². The summed E-state index contributed by atoms with van der Waals surface area (Å²) in [5, 5.41) is 10.9. The van der Waals surface area contributed by atoms with Crippen LogP contribution in [0.5, 0.6) is 11.5 Å². The number of nitrogens with zero attached hydrogens (tertiary/aromatic N) is 2. The first-order chi connectivity index (χ1) is 15.8. The van der Waals surface area contributed by atoms with Gasteiger partial charge in [0.05, 0.1) is 23.9 Å². The molecular formula is C28H22N2O2. The zero-order chi connectivity index (χ0) is 21.5. The highest BCUT2D eigenvalue weighted by Crippen LogP contribution is 2.53. The molecule has 2 heterocycles. The smallest absolute Gasteiger partial charge is 0.151 e. The van der Waals surface area contributed by atoms with Crippen LogP contribution >= 0.6 is 0 Å². The highest BCUT2D eigenvalue weighted by molar-refractivity contribution is 6.15. The van der Waals surface area contributed by atoms with Gasteiger partial charge in [0.1, 0.15) is 17.1 Å². The maximum atomic E-state index is 10.9. The average Bonchev–Trinajstić information content (AvgIpc) is 3.15. The number of aliphatic imine (C=N–C) groups is 1. The van der Waals surface area contributed by atoms with E-state index in [2.05, 4.69) is 35.2 Å². The van der Waals surface area contributed by atoms with Gasteiger partial charge in [0, 0.05) is 0 Å². The normalized spacial score (nSPS) is 21.0. The van der Waals surface area contributed by atoms with Gasteiger partial charge in [0.15, 0.2) is 5.75 Å². The first kappa shape index (κ1) is 18.8. The van der Waals surface area contributed by atoms with E-state index in [1.54, 1.807) is 0 Å². The number of aliphatic hydroxyl groups excluding tert-OH is 1. The van der Waals surface area contributed by atoms with Crippen molar-refractivity contribution in [1.29, 1.82) is 0 Å². The molecule has 4 nitrogen and oxygen atoms in total. The van der Waals surface area contributed by atoms with Crippen LogP contribution in [-0.4, -0.2) is 17.5 Å². The molecule has 1 N–H and O–H groups in total. The minimum atomic E-state index is -0.866. The fraction of sp³-hybridized carbons (Fsp3) is 0.107. The predicted octanol–water partition coefficient (Wildman–Crippen LogP) is 5.69. The lowest BCUT2D eigenvalue weighted by molar-refractivity contribution is 0.182. The molecule has 4 heteroatoms. The quantitative estimate of drug-likeness (QED) is 0.465. The number of ether oxygens (including phenoxy) is 1. The van der Waals surface area contributed by atoms with E-state index in [1.165, 1.54) is 0 Å². The van der Waals surface area contributed by atoms with Gasteiger partial charge in [-0.2, -0.15) is 0 Å². The molecular weight excluding hydrogens is 396 g/mol. The van der Waals surface area contributed by atoms with Crippen molar-refractivity contribution in [3.63, 3.8) is 0 Å². The van der Waals surface area contributed by atoms with E-state index in [-0.39, 0.29) is 12.6 Å². The molecule has 0 saturated carbocycles. The Bertz CT molecular complexity index is 1300. The van der Waals surface area contributed by atoms with Crippen molar-refractivity contribution in [3.8, 4) is 11.5 Å². The molecule has 32 heavy (non-hydrogen) atoms. The monoisotopic (exact) mass is 418 g/mol. The van der Waals surface area contributed by atoms with Crippen LogP contribution < -0.4 is 9.64 Å². The highest BCUT2D eigenvalue weighted by Gasteiger charge is 2.52. The summed E-state index contributed by atoms with van der Waals surface area (Å²) in [6.45, 7) is -0.123. The molecule has 2 aliphatic rings. The predicted molar refractivity (Wildman–Crippen MR) is 126 cm³/mol. The van der Waals surface area contributed by atoms with Crippen LogP contribution in [0.15, 0.2) is 114 Å².